The highest BCUT2D eigenvalue weighted by molar-refractivity contribution is 5.81. The molecule has 6 aromatic carbocycles. The second kappa shape index (κ2) is 20.7. The van der Waals surface area contributed by atoms with Gasteiger partial charge in [-0.15, -0.1) is 0 Å². The predicted molar refractivity (Wildman–Crippen MR) is 296 cm³/mol. The van der Waals surface area contributed by atoms with Gasteiger partial charge in [0.2, 0.25) is 11.9 Å². The van der Waals surface area contributed by atoms with E-state index in [1.54, 1.807) is 12.1 Å². The highest BCUT2D eigenvalue weighted by Crippen LogP contribution is 2.51. The molecule has 2 atom stereocenters. The van der Waals surface area contributed by atoms with Gasteiger partial charge in [-0.25, -0.2) is 9.67 Å². The number of rotatable bonds is 15. The lowest BCUT2D eigenvalue weighted by atomic mass is 9.78. The summed E-state index contributed by atoms with van der Waals surface area (Å²) in [6, 6.07) is 65.8. The summed E-state index contributed by atoms with van der Waals surface area (Å²) in [6.07, 6.45) is -1.54. The fourth-order valence-electron chi connectivity index (χ4n) is 11.0. The maximum Gasteiger partial charge on any atom is 0.435 e. The van der Waals surface area contributed by atoms with E-state index in [0.717, 1.165) is 52.4 Å². The number of pyridine rings is 3. The molecule has 77 heavy (non-hydrogen) atoms. The Hall–Kier alpha value is -8.77. The van der Waals surface area contributed by atoms with E-state index in [2.05, 4.69) is 102 Å². The van der Waals surface area contributed by atoms with Crippen LogP contribution in [-0.2, 0) is 11.6 Å². The van der Waals surface area contributed by atoms with E-state index >= 15 is 4.39 Å². The average Bonchev–Trinajstić information content (AvgIpc) is 4.10. The zero-order chi connectivity index (χ0) is 53.4. The fraction of sp³-hybridized carbons (Fsp3) is 0.169. The standard InChI is InChI=1S/C65H54F5N7/c1-5-43(37-42(2)62-53-27-17-15-25-51(53)52-26-16-18-28-54(52)62)44-29-31-48(32-30-44)77(47-23-13-8-14-24-47)49-38-56(55-33-34-60(66)73-63(55)67)71-58(39-49)64(3,4)59-40-50(41-61(72-59)75-36-35-57(74-75)65(68,69)70)76(45-19-9-6-10-20-45)46-21-11-7-12-22-46/h6-36,38-43,62H,5,37H2,1-4H3. The second-order valence-electron chi connectivity index (χ2n) is 20.1. The van der Waals surface area contributed by atoms with Gasteiger partial charge in [-0.1, -0.05) is 129 Å². The van der Waals surface area contributed by atoms with Crippen LogP contribution in [0.15, 0.2) is 212 Å². The van der Waals surface area contributed by atoms with Crippen molar-refractivity contribution in [2.24, 2.45) is 5.92 Å². The van der Waals surface area contributed by atoms with E-state index in [-0.39, 0.29) is 28.9 Å². The molecule has 0 N–H and O–H groups in total. The maximum atomic E-state index is 16.0. The number of anilines is 6. The van der Waals surface area contributed by atoms with Gasteiger partial charge in [-0.05, 0) is 151 Å². The number of fused-ring (bicyclic) bond motifs is 3. The number of hydrogen-bond acceptors (Lipinski definition) is 6. The highest BCUT2D eigenvalue weighted by atomic mass is 19.4. The number of aromatic nitrogens is 5. The molecule has 0 spiro atoms. The van der Waals surface area contributed by atoms with Crippen LogP contribution in [0.1, 0.15) is 86.1 Å². The lowest BCUT2D eigenvalue weighted by Gasteiger charge is -2.31. The van der Waals surface area contributed by atoms with Crippen LogP contribution >= 0.6 is 0 Å². The van der Waals surface area contributed by atoms with Crippen LogP contribution < -0.4 is 9.80 Å². The molecular formula is C65H54F5N7. The van der Waals surface area contributed by atoms with Crippen molar-refractivity contribution in [2.75, 3.05) is 9.80 Å². The van der Waals surface area contributed by atoms with E-state index in [0.29, 0.717) is 28.7 Å². The molecule has 2 unspecified atom stereocenters. The molecule has 7 nitrogen and oxygen atoms in total. The van der Waals surface area contributed by atoms with Crippen LogP contribution in [0.3, 0.4) is 0 Å². The monoisotopic (exact) mass is 1030 g/mol. The van der Waals surface area contributed by atoms with Crippen LogP contribution in [0.4, 0.5) is 56.1 Å². The molecule has 12 heteroatoms. The van der Waals surface area contributed by atoms with Gasteiger partial charge in [-0.2, -0.15) is 32.0 Å². The van der Waals surface area contributed by atoms with Crippen molar-refractivity contribution >= 4 is 34.1 Å². The summed E-state index contributed by atoms with van der Waals surface area (Å²) in [5.74, 6) is -0.991. The first-order chi connectivity index (χ1) is 37.2. The van der Waals surface area contributed by atoms with E-state index in [4.69, 9.17) is 9.97 Å². The molecule has 1 aliphatic carbocycles. The molecule has 0 bridgehead atoms. The molecule has 0 amide bonds. The predicted octanol–water partition coefficient (Wildman–Crippen LogP) is 17.6. The van der Waals surface area contributed by atoms with Crippen LogP contribution in [0.2, 0.25) is 0 Å². The van der Waals surface area contributed by atoms with Gasteiger partial charge >= 0.3 is 6.18 Å². The Morgan fingerprint density at radius 2 is 1.03 bits per heavy atom. The quantitative estimate of drug-likeness (QED) is 0.0753. The largest absolute Gasteiger partial charge is 0.435 e. The van der Waals surface area contributed by atoms with Crippen molar-refractivity contribution in [3.8, 4) is 28.2 Å². The van der Waals surface area contributed by atoms with Crippen molar-refractivity contribution in [1.29, 1.82) is 0 Å². The molecular weight excluding hydrogens is 974 g/mol. The summed E-state index contributed by atoms with van der Waals surface area (Å²) in [7, 11) is 0. The maximum absolute atomic E-state index is 16.0. The second-order valence-corrected chi connectivity index (χ2v) is 20.1. The summed E-state index contributed by atoms with van der Waals surface area (Å²) in [4.78, 5) is 17.8. The molecule has 1 aliphatic rings. The number of benzene rings is 6. The van der Waals surface area contributed by atoms with Crippen molar-refractivity contribution in [1.82, 2.24) is 24.7 Å². The molecule has 384 valence electrons. The van der Waals surface area contributed by atoms with Crippen LogP contribution in [0, 0.1) is 17.8 Å². The van der Waals surface area contributed by atoms with Crippen molar-refractivity contribution in [3.63, 3.8) is 0 Å². The van der Waals surface area contributed by atoms with Gasteiger partial charge in [0.05, 0.1) is 34.0 Å². The molecule has 0 radical (unpaired) electrons. The SMILES string of the molecule is CCC(CC(C)C1c2ccccc2-c2ccccc21)c1ccc(N(c2ccccc2)c2cc(-c3ccc(F)nc3F)nc(C(C)(C)c3cc(N(c4ccccc4)c4ccccc4)cc(-n4ccc(C(F)(F)F)n4)n3)c2)cc1. The third kappa shape index (κ3) is 9.99. The number of hydrogen-bond donors (Lipinski definition) is 0. The van der Waals surface area contributed by atoms with Gasteiger partial charge in [0.1, 0.15) is 0 Å². The Kier molecular flexibility index (Phi) is 13.6. The molecule has 0 aliphatic heterocycles. The topological polar surface area (TPSA) is 63.0 Å². The number of para-hydroxylation sites is 3. The zero-order valence-corrected chi connectivity index (χ0v) is 42.9. The summed E-state index contributed by atoms with van der Waals surface area (Å²) in [5, 5.41) is 3.95. The number of alkyl halides is 3. The highest BCUT2D eigenvalue weighted by Gasteiger charge is 2.36. The molecule has 4 aromatic heterocycles. The minimum absolute atomic E-state index is 0.0287. The Bertz CT molecular complexity index is 3610. The summed E-state index contributed by atoms with van der Waals surface area (Å²) in [5.41, 5.74) is 9.74. The van der Waals surface area contributed by atoms with Gasteiger partial charge < -0.3 is 9.80 Å². The van der Waals surface area contributed by atoms with Crippen molar-refractivity contribution in [3.05, 3.63) is 258 Å². The van der Waals surface area contributed by atoms with Gasteiger partial charge in [-0.3, -0.25) is 4.98 Å². The molecule has 0 saturated heterocycles. The normalized spacial score (nSPS) is 13.2. The number of nitrogens with zero attached hydrogens (tertiary/aromatic N) is 7. The van der Waals surface area contributed by atoms with Crippen LogP contribution in [0.25, 0.3) is 28.2 Å². The van der Waals surface area contributed by atoms with Crippen molar-refractivity contribution < 1.29 is 22.0 Å². The van der Waals surface area contributed by atoms with Crippen molar-refractivity contribution in [2.45, 2.75) is 64.0 Å². The third-order valence-corrected chi connectivity index (χ3v) is 14.9. The van der Waals surface area contributed by atoms with Gasteiger partial charge in [0, 0.05) is 46.3 Å². The van der Waals surface area contributed by atoms with E-state index in [1.807, 2.05) is 122 Å². The summed E-state index contributed by atoms with van der Waals surface area (Å²) < 4.78 is 74.0. The smallest absolute Gasteiger partial charge is 0.310 e. The zero-order valence-electron chi connectivity index (χ0n) is 42.9. The molecule has 0 fully saturated rings. The summed E-state index contributed by atoms with van der Waals surface area (Å²) >= 11 is 0. The summed E-state index contributed by atoms with van der Waals surface area (Å²) in [6.45, 7) is 8.43. The first-order valence-corrected chi connectivity index (χ1v) is 25.8. The fourth-order valence-corrected chi connectivity index (χ4v) is 11.0. The first kappa shape index (κ1) is 50.4. The Labute approximate surface area is 445 Å². The minimum Gasteiger partial charge on any atom is -0.310 e. The Balaban J connectivity index is 1.03. The van der Waals surface area contributed by atoms with Crippen LogP contribution in [0.5, 0.6) is 0 Å². The molecule has 10 aromatic rings. The first-order valence-electron chi connectivity index (χ1n) is 25.8. The van der Waals surface area contributed by atoms with E-state index < -0.39 is 29.2 Å². The Morgan fingerprint density at radius 1 is 0.519 bits per heavy atom. The average molecular weight is 1030 g/mol. The Morgan fingerprint density at radius 3 is 1.55 bits per heavy atom. The van der Waals surface area contributed by atoms with E-state index in [9.17, 15) is 17.6 Å². The molecule has 4 heterocycles. The molecule has 0 saturated carbocycles. The minimum atomic E-state index is -4.70. The lowest BCUT2D eigenvalue weighted by molar-refractivity contribution is -0.141. The van der Waals surface area contributed by atoms with Gasteiger partial charge in [0.25, 0.3) is 0 Å². The number of halogens is 5. The van der Waals surface area contributed by atoms with Crippen LogP contribution in [-0.4, -0.2) is 24.7 Å². The third-order valence-electron chi connectivity index (χ3n) is 14.9. The lowest BCUT2D eigenvalue weighted by Crippen LogP contribution is -2.25. The van der Waals surface area contributed by atoms with E-state index in [1.165, 1.54) is 40.1 Å². The molecule has 11 rings (SSSR count). The van der Waals surface area contributed by atoms with Gasteiger partial charge in [0.15, 0.2) is 11.5 Å².